The molecule has 7 heteroatoms. The zero-order valence-corrected chi connectivity index (χ0v) is 12.0. The number of rotatable bonds is 0. The molecule has 0 radical (unpaired) electrons. The molecule has 0 aliphatic heterocycles. The Balaban J connectivity index is 0.000000583. The molecule has 0 saturated carbocycles. The van der Waals surface area contributed by atoms with E-state index in [0.29, 0.717) is 0 Å². The summed E-state index contributed by atoms with van der Waals surface area (Å²) in [5.41, 5.74) is 0. The second kappa shape index (κ2) is 7.16. The number of hydrogen-bond acceptors (Lipinski definition) is 1. The van der Waals surface area contributed by atoms with Gasteiger partial charge in [0.25, 0.3) is 0 Å². The van der Waals surface area contributed by atoms with Gasteiger partial charge in [0.1, 0.15) is 10.0 Å². The third-order valence-corrected chi connectivity index (χ3v) is 3.44. The van der Waals surface area contributed by atoms with E-state index in [9.17, 15) is 5.11 Å². The zero-order valence-electron chi connectivity index (χ0n) is 7.42. The first kappa shape index (κ1) is 15.8. The second-order valence-electron chi connectivity index (χ2n) is 2.19. The zero-order chi connectivity index (χ0) is 12.2. The Bertz CT molecular complexity index is 246. The van der Waals surface area contributed by atoms with Crippen LogP contribution in [0.25, 0.3) is 0 Å². The van der Waals surface area contributed by atoms with Crippen LogP contribution >= 0.6 is 69.6 Å². The number of phenols is 1. The normalized spacial score (nSPS) is 9.53. The molecule has 0 heterocycles. The molecule has 15 heavy (non-hydrogen) atoms. The van der Waals surface area contributed by atoms with E-state index in [4.69, 9.17) is 69.6 Å². The molecule has 1 nitrogen and oxygen atoms in total. The van der Waals surface area contributed by atoms with Gasteiger partial charge < -0.3 is 5.11 Å². The van der Waals surface area contributed by atoms with Crippen LogP contribution in [0.4, 0.5) is 0 Å². The van der Waals surface area contributed by atoms with Gasteiger partial charge in [0.05, 0.1) is 15.1 Å². The van der Waals surface area contributed by atoms with Crippen molar-refractivity contribution in [1.29, 1.82) is 0 Å². The molecule has 0 bridgehead atoms. The largest absolute Gasteiger partial charge is 0.505 e. The Kier molecular flexibility index (Phi) is 7.52. The van der Waals surface area contributed by atoms with Crippen LogP contribution in [0.1, 0.15) is 6.92 Å². The number of phenolic OH excluding ortho intramolecular Hbond substituents is 1. The first-order chi connectivity index (χ1) is 6.88. The molecule has 0 spiro atoms. The molecule has 1 rings (SSSR count). The van der Waals surface area contributed by atoms with Crippen molar-refractivity contribution in [1.82, 2.24) is 0 Å². The maximum atomic E-state index is 9.20. The van der Waals surface area contributed by atoms with Gasteiger partial charge in [0, 0.05) is 5.88 Å². The minimum absolute atomic E-state index is 0.00904. The molecule has 1 aromatic carbocycles. The van der Waals surface area contributed by atoms with Gasteiger partial charge in [-0.25, -0.2) is 0 Å². The summed E-state index contributed by atoms with van der Waals surface area (Å²) in [4.78, 5) is 0. The van der Waals surface area contributed by atoms with Crippen LogP contribution in [-0.2, 0) is 0 Å². The summed E-state index contributed by atoms with van der Waals surface area (Å²) >= 11 is 32.9. The molecule has 1 N–H and O–H groups in total. The quantitative estimate of drug-likeness (QED) is 0.356. The highest BCUT2D eigenvalue weighted by Gasteiger charge is 2.17. The predicted molar refractivity (Wildman–Crippen MR) is 69.6 cm³/mol. The second-order valence-corrected chi connectivity index (χ2v) is 4.61. The Morgan fingerprint density at radius 1 is 0.800 bits per heavy atom. The molecule has 0 fully saturated rings. The van der Waals surface area contributed by atoms with E-state index in [-0.39, 0.29) is 30.9 Å². The summed E-state index contributed by atoms with van der Waals surface area (Å²) in [5.74, 6) is 0.359. The van der Waals surface area contributed by atoms with Gasteiger partial charge in [-0.15, -0.1) is 11.6 Å². The third-order valence-electron chi connectivity index (χ3n) is 1.19. The maximum absolute atomic E-state index is 9.20. The lowest BCUT2D eigenvalue weighted by Gasteiger charge is -2.06. The lowest BCUT2D eigenvalue weighted by molar-refractivity contribution is 0.476. The molecule has 1 aromatic rings. The van der Waals surface area contributed by atoms with Crippen LogP contribution in [0, 0.1) is 0 Å². The fourth-order valence-corrected chi connectivity index (χ4v) is 1.72. The Labute approximate surface area is 118 Å². The summed E-state index contributed by atoms with van der Waals surface area (Å²) < 4.78 is 0. The highest BCUT2D eigenvalue weighted by atomic mass is 35.5. The van der Waals surface area contributed by atoms with Crippen molar-refractivity contribution in [2.45, 2.75) is 6.92 Å². The maximum Gasteiger partial charge on any atom is 0.155 e. The summed E-state index contributed by atoms with van der Waals surface area (Å²) in [6.45, 7) is 1.89. The topological polar surface area (TPSA) is 20.2 Å². The van der Waals surface area contributed by atoms with Gasteiger partial charge in [-0.2, -0.15) is 0 Å². The Morgan fingerprint density at radius 2 is 1.00 bits per heavy atom. The van der Waals surface area contributed by atoms with E-state index in [1.54, 1.807) is 0 Å². The van der Waals surface area contributed by atoms with Crippen molar-refractivity contribution in [2.75, 3.05) is 5.88 Å². The van der Waals surface area contributed by atoms with Crippen LogP contribution in [0.5, 0.6) is 5.75 Å². The number of hydrogen-bond donors (Lipinski definition) is 1. The monoisotopic (exact) mass is 328 g/mol. The highest BCUT2D eigenvalue weighted by molar-refractivity contribution is 6.55. The van der Waals surface area contributed by atoms with Crippen LogP contribution in [-0.4, -0.2) is 11.0 Å². The van der Waals surface area contributed by atoms with Crippen LogP contribution in [0.3, 0.4) is 0 Å². The van der Waals surface area contributed by atoms with E-state index >= 15 is 0 Å². The Hall–Kier alpha value is 0.760. The van der Waals surface area contributed by atoms with Crippen LogP contribution < -0.4 is 0 Å². The van der Waals surface area contributed by atoms with Crippen molar-refractivity contribution in [3.05, 3.63) is 25.1 Å². The van der Waals surface area contributed by atoms with Crippen molar-refractivity contribution < 1.29 is 5.11 Å². The molecule has 0 atom stereocenters. The van der Waals surface area contributed by atoms with Crippen molar-refractivity contribution in [3.63, 3.8) is 0 Å². The molecule has 0 aromatic heterocycles. The minimum Gasteiger partial charge on any atom is -0.505 e. The third kappa shape index (κ3) is 3.92. The van der Waals surface area contributed by atoms with Gasteiger partial charge in [0.2, 0.25) is 0 Å². The summed E-state index contributed by atoms with van der Waals surface area (Å²) in [5, 5.41) is 9.01. The standard InChI is InChI=1S/C6HCl5O.C2H5Cl/c7-1-2(8)4(10)6(12)5(11)3(1)9;1-2-3/h12H;2H2,1H3. The summed E-state index contributed by atoms with van der Waals surface area (Å²) in [6.07, 6.45) is 0. The molecular formula is C8H6Cl6O. The SMILES string of the molecule is CCCl.Oc1c(Cl)c(Cl)c(Cl)c(Cl)c1Cl. The van der Waals surface area contributed by atoms with E-state index < -0.39 is 0 Å². The van der Waals surface area contributed by atoms with Gasteiger partial charge in [0.15, 0.2) is 5.75 Å². The van der Waals surface area contributed by atoms with Gasteiger partial charge >= 0.3 is 0 Å². The summed E-state index contributed by atoms with van der Waals surface area (Å²) in [6, 6.07) is 0. The lowest BCUT2D eigenvalue weighted by Crippen LogP contribution is -1.78. The van der Waals surface area contributed by atoms with Crippen LogP contribution in [0.2, 0.25) is 25.1 Å². The van der Waals surface area contributed by atoms with Gasteiger partial charge in [-0.05, 0) is 0 Å². The van der Waals surface area contributed by atoms with E-state index in [1.807, 2.05) is 6.92 Å². The molecule has 0 unspecified atom stereocenters. The fourth-order valence-electron chi connectivity index (χ4n) is 0.593. The van der Waals surface area contributed by atoms with E-state index in [1.165, 1.54) is 0 Å². The molecule has 0 saturated heterocycles. The van der Waals surface area contributed by atoms with Crippen molar-refractivity contribution >= 4 is 69.6 Å². The number of alkyl halides is 1. The first-order valence-corrected chi connectivity index (χ1v) is 6.07. The van der Waals surface area contributed by atoms with E-state index in [0.717, 1.165) is 5.88 Å². The summed E-state index contributed by atoms with van der Waals surface area (Å²) in [7, 11) is 0. The fraction of sp³-hybridized carbons (Fsp3) is 0.250. The smallest absolute Gasteiger partial charge is 0.155 e. The van der Waals surface area contributed by atoms with Crippen molar-refractivity contribution in [2.24, 2.45) is 0 Å². The molecule has 0 amide bonds. The van der Waals surface area contributed by atoms with Crippen LogP contribution in [0.15, 0.2) is 0 Å². The Morgan fingerprint density at radius 3 is 1.27 bits per heavy atom. The van der Waals surface area contributed by atoms with E-state index in [2.05, 4.69) is 0 Å². The number of halogens is 6. The molecule has 86 valence electrons. The number of benzene rings is 1. The highest BCUT2D eigenvalue weighted by Crippen LogP contribution is 2.47. The molecule has 0 aliphatic carbocycles. The van der Waals surface area contributed by atoms with Gasteiger partial charge in [-0.1, -0.05) is 64.9 Å². The van der Waals surface area contributed by atoms with Crippen molar-refractivity contribution in [3.8, 4) is 5.75 Å². The molecular weight excluding hydrogens is 325 g/mol. The molecule has 0 aliphatic rings. The average molecular weight is 331 g/mol. The van der Waals surface area contributed by atoms with Gasteiger partial charge in [-0.3, -0.25) is 0 Å². The lowest BCUT2D eigenvalue weighted by atomic mass is 10.3. The minimum atomic E-state index is -0.363. The average Bonchev–Trinajstić information content (AvgIpc) is 2.22. The first-order valence-electron chi connectivity index (χ1n) is 3.64. The number of aromatic hydroxyl groups is 1. The predicted octanol–water partition coefficient (Wildman–Crippen LogP) is 5.90.